The maximum Gasteiger partial charge on any atom is 0.267 e. The van der Waals surface area contributed by atoms with Crippen molar-refractivity contribution in [2.24, 2.45) is 0 Å². The van der Waals surface area contributed by atoms with Gasteiger partial charge in [-0.3, -0.25) is 14.2 Å². The average Bonchev–Trinajstić information content (AvgIpc) is 3.57. The molecule has 162 valence electrons. The first-order valence-corrected chi connectivity index (χ1v) is 12.6. The fourth-order valence-electron chi connectivity index (χ4n) is 3.86. The van der Waals surface area contributed by atoms with Crippen LogP contribution in [0.4, 0.5) is 5.69 Å². The maximum absolute atomic E-state index is 13.6. The molecule has 2 aromatic carbocycles. The van der Waals surface area contributed by atoms with Gasteiger partial charge in [-0.25, -0.2) is 4.98 Å². The van der Waals surface area contributed by atoms with Crippen molar-refractivity contribution in [2.75, 3.05) is 11.1 Å². The molecule has 32 heavy (non-hydrogen) atoms. The molecule has 0 spiro atoms. The summed E-state index contributed by atoms with van der Waals surface area (Å²) >= 11 is 2.81. The Balaban J connectivity index is 1.48. The number of anilines is 1. The maximum atomic E-state index is 13.6. The molecule has 1 aliphatic carbocycles. The Hall–Kier alpha value is -2.90. The number of hydrogen-bond acceptors (Lipinski definition) is 5. The summed E-state index contributed by atoms with van der Waals surface area (Å²) in [5.41, 5.74) is 3.76. The van der Waals surface area contributed by atoms with E-state index in [9.17, 15) is 9.59 Å². The number of nitrogens with one attached hydrogen (secondary N) is 1. The normalized spacial score (nSPS) is 13.4. The van der Waals surface area contributed by atoms with Crippen LogP contribution in [0.2, 0.25) is 0 Å². The zero-order valence-corrected chi connectivity index (χ0v) is 19.3. The summed E-state index contributed by atoms with van der Waals surface area (Å²) in [5, 5.41) is 6.34. The number of amides is 1. The van der Waals surface area contributed by atoms with Gasteiger partial charge in [0.15, 0.2) is 5.16 Å². The molecule has 2 heterocycles. The number of fused-ring (bicyclic) bond motifs is 1. The van der Waals surface area contributed by atoms with E-state index in [-0.39, 0.29) is 17.2 Å². The summed E-state index contributed by atoms with van der Waals surface area (Å²) in [5.74, 6) is 0.532. The number of hydrogen-bond donors (Lipinski definition) is 1. The monoisotopic (exact) mass is 461 g/mol. The highest BCUT2D eigenvalue weighted by Gasteiger charge is 2.29. The van der Waals surface area contributed by atoms with E-state index in [1.54, 1.807) is 4.57 Å². The molecular weight excluding hydrogens is 438 g/mol. The summed E-state index contributed by atoms with van der Waals surface area (Å²) in [4.78, 5) is 31.9. The van der Waals surface area contributed by atoms with E-state index in [1.165, 1.54) is 23.1 Å². The Labute approximate surface area is 194 Å². The van der Waals surface area contributed by atoms with Crippen LogP contribution in [0.3, 0.4) is 0 Å². The summed E-state index contributed by atoms with van der Waals surface area (Å²) < 4.78 is 1.65. The van der Waals surface area contributed by atoms with Crippen molar-refractivity contribution in [1.82, 2.24) is 9.55 Å². The van der Waals surface area contributed by atoms with E-state index >= 15 is 0 Å². The fraction of sp³-hybridized carbons (Fsp3) is 0.240. The standard InChI is InChI=1S/C25H23N3O2S2/c1-2-16-8-6-7-11-20(16)26-21(29)15-32-25-27-23-22(19(14-31-23)17-12-13-17)24(30)28(25)18-9-4-3-5-10-18/h3-11,14,17H,2,12-13,15H2,1H3,(H,26,29). The predicted molar refractivity (Wildman–Crippen MR) is 132 cm³/mol. The number of carbonyl (C=O) groups excluding carboxylic acids is 1. The molecule has 0 bridgehead atoms. The predicted octanol–water partition coefficient (Wildman–Crippen LogP) is 5.62. The van der Waals surface area contributed by atoms with Gasteiger partial charge in [0.25, 0.3) is 5.56 Å². The molecule has 1 aliphatic rings. The molecule has 0 aliphatic heterocycles. The fourth-order valence-corrected chi connectivity index (χ4v) is 5.73. The van der Waals surface area contributed by atoms with Crippen LogP contribution in [-0.4, -0.2) is 21.2 Å². The molecule has 1 amide bonds. The van der Waals surface area contributed by atoms with Gasteiger partial charge in [-0.2, -0.15) is 0 Å². The van der Waals surface area contributed by atoms with Crippen molar-refractivity contribution in [1.29, 1.82) is 0 Å². The van der Waals surface area contributed by atoms with Gasteiger partial charge < -0.3 is 5.32 Å². The van der Waals surface area contributed by atoms with Crippen molar-refractivity contribution in [2.45, 2.75) is 37.3 Å². The van der Waals surface area contributed by atoms with Gasteiger partial charge in [-0.15, -0.1) is 11.3 Å². The van der Waals surface area contributed by atoms with Crippen molar-refractivity contribution in [3.8, 4) is 5.69 Å². The Bertz CT molecular complexity index is 1340. The van der Waals surface area contributed by atoms with Crippen LogP contribution in [0.5, 0.6) is 0 Å². The second-order valence-electron chi connectivity index (χ2n) is 7.86. The molecule has 2 aromatic heterocycles. The number of aryl methyl sites for hydroxylation is 1. The second-order valence-corrected chi connectivity index (χ2v) is 9.66. The van der Waals surface area contributed by atoms with Crippen LogP contribution in [0, 0.1) is 0 Å². The Morgan fingerprint density at radius 3 is 2.66 bits per heavy atom. The smallest absolute Gasteiger partial charge is 0.267 e. The molecule has 1 N–H and O–H groups in total. The molecule has 0 saturated heterocycles. The molecule has 1 fully saturated rings. The van der Waals surface area contributed by atoms with Crippen molar-refractivity contribution < 1.29 is 4.79 Å². The summed E-state index contributed by atoms with van der Waals surface area (Å²) in [6, 6.07) is 17.4. The first kappa shape index (κ1) is 21.0. The number of thiophene rings is 1. The van der Waals surface area contributed by atoms with E-state index < -0.39 is 0 Å². The number of aromatic nitrogens is 2. The van der Waals surface area contributed by atoms with Crippen LogP contribution in [0.1, 0.15) is 36.8 Å². The van der Waals surface area contributed by atoms with Gasteiger partial charge in [0.1, 0.15) is 4.83 Å². The zero-order chi connectivity index (χ0) is 22.1. The molecule has 0 atom stereocenters. The van der Waals surface area contributed by atoms with Gasteiger partial charge in [0.2, 0.25) is 5.91 Å². The third-order valence-electron chi connectivity index (χ3n) is 5.64. The Morgan fingerprint density at radius 2 is 1.91 bits per heavy atom. The van der Waals surface area contributed by atoms with Crippen molar-refractivity contribution in [3.05, 3.63) is 81.5 Å². The lowest BCUT2D eigenvalue weighted by molar-refractivity contribution is -0.113. The number of carbonyl (C=O) groups is 1. The number of nitrogens with zero attached hydrogens (tertiary/aromatic N) is 2. The highest BCUT2D eigenvalue weighted by molar-refractivity contribution is 7.99. The topological polar surface area (TPSA) is 64.0 Å². The van der Waals surface area contributed by atoms with Gasteiger partial charge in [0.05, 0.1) is 16.8 Å². The number of para-hydroxylation sites is 2. The van der Waals surface area contributed by atoms with Gasteiger partial charge in [-0.1, -0.05) is 55.1 Å². The average molecular weight is 462 g/mol. The molecule has 5 rings (SSSR count). The van der Waals surface area contributed by atoms with Gasteiger partial charge in [-0.05, 0) is 59.9 Å². The summed E-state index contributed by atoms with van der Waals surface area (Å²) in [7, 11) is 0. The quantitative estimate of drug-likeness (QED) is 0.287. The minimum absolute atomic E-state index is 0.0522. The van der Waals surface area contributed by atoms with Crippen molar-refractivity contribution >= 4 is 44.9 Å². The molecule has 0 unspecified atom stereocenters. The minimum atomic E-state index is -0.116. The molecule has 4 aromatic rings. The van der Waals surface area contributed by atoms with Crippen LogP contribution in [-0.2, 0) is 11.2 Å². The van der Waals surface area contributed by atoms with E-state index in [0.29, 0.717) is 11.1 Å². The van der Waals surface area contributed by atoms with Crippen LogP contribution in [0.15, 0.2) is 69.9 Å². The summed E-state index contributed by atoms with van der Waals surface area (Å²) in [6.45, 7) is 2.06. The van der Waals surface area contributed by atoms with Crippen LogP contribution >= 0.6 is 23.1 Å². The SMILES string of the molecule is CCc1ccccc1NC(=O)CSc1nc2scc(C3CC3)c2c(=O)n1-c1ccccc1. The van der Waals surface area contributed by atoms with E-state index in [2.05, 4.69) is 17.6 Å². The first-order chi connectivity index (χ1) is 15.7. The van der Waals surface area contributed by atoms with Gasteiger partial charge in [0, 0.05) is 5.69 Å². The molecule has 7 heteroatoms. The number of thioether (sulfide) groups is 1. The lowest BCUT2D eigenvalue weighted by Gasteiger charge is -2.13. The largest absolute Gasteiger partial charge is 0.325 e. The Morgan fingerprint density at radius 1 is 1.16 bits per heavy atom. The van der Waals surface area contributed by atoms with E-state index in [0.717, 1.165) is 52.0 Å². The highest BCUT2D eigenvalue weighted by atomic mass is 32.2. The summed E-state index contributed by atoms with van der Waals surface area (Å²) in [6.07, 6.45) is 3.11. The minimum Gasteiger partial charge on any atom is -0.325 e. The third-order valence-corrected chi connectivity index (χ3v) is 7.47. The van der Waals surface area contributed by atoms with Gasteiger partial charge >= 0.3 is 0 Å². The molecule has 1 saturated carbocycles. The van der Waals surface area contributed by atoms with E-state index in [1.807, 2.05) is 54.6 Å². The number of rotatable bonds is 7. The Kier molecular flexibility index (Phi) is 5.85. The lowest BCUT2D eigenvalue weighted by Crippen LogP contribution is -2.23. The van der Waals surface area contributed by atoms with Crippen LogP contribution in [0.25, 0.3) is 15.9 Å². The zero-order valence-electron chi connectivity index (χ0n) is 17.7. The lowest BCUT2D eigenvalue weighted by atomic mass is 10.1. The second kappa shape index (κ2) is 8.92. The highest BCUT2D eigenvalue weighted by Crippen LogP contribution is 2.44. The van der Waals surface area contributed by atoms with Crippen molar-refractivity contribution in [3.63, 3.8) is 0 Å². The van der Waals surface area contributed by atoms with Crippen LogP contribution < -0.4 is 10.9 Å². The molecule has 0 radical (unpaired) electrons. The first-order valence-electron chi connectivity index (χ1n) is 10.8. The molecular formula is C25H23N3O2S2. The van der Waals surface area contributed by atoms with E-state index in [4.69, 9.17) is 4.98 Å². The number of benzene rings is 2. The third kappa shape index (κ3) is 4.10. The molecule has 5 nitrogen and oxygen atoms in total.